The maximum Gasteiger partial charge on any atom is 0.0241 e. The first-order valence-corrected chi connectivity index (χ1v) is 4.08. The van der Waals surface area contributed by atoms with Gasteiger partial charge >= 0.3 is 0 Å². The summed E-state index contributed by atoms with van der Waals surface area (Å²) in [5.74, 6) is 0. The zero-order valence-corrected chi connectivity index (χ0v) is 6.58. The van der Waals surface area contributed by atoms with Crippen LogP contribution in [-0.2, 0) is 0 Å². The summed E-state index contributed by atoms with van der Waals surface area (Å²) in [7, 11) is 0. The SMILES string of the molecule is C=CCC1(C)CC=CS1. The highest BCUT2D eigenvalue weighted by Crippen LogP contribution is 2.38. The first-order chi connectivity index (χ1) is 4.27. The van der Waals surface area contributed by atoms with Crippen LogP contribution in [0.25, 0.3) is 0 Å². The molecule has 1 unspecified atom stereocenters. The summed E-state index contributed by atoms with van der Waals surface area (Å²) in [5, 5.41) is 2.18. The molecule has 0 bridgehead atoms. The fraction of sp³-hybridized carbons (Fsp3) is 0.500. The average molecular weight is 140 g/mol. The van der Waals surface area contributed by atoms with Crippen LogP contribution in [0.3, 0.4) is 0 Å². The van der Waals surface area contributed by atoms with Crippen molar-refractivity contribution in [3.63, 3.8) is 0 Å². The van der Waals surface area contributed by atoms with Crippen LogP contribution in [0.4, 0.5) is 0 Å². The molecule has 1 heteroatoms. The van der Waals surface area contributed by atoms with Crippen LogP contribution in [-0.4, -0.2) is 4.75 Å². The van der Waals surface area contributed by atoms with Gasteiger partial charge in [-0.3, -0.25) is 0 Å². The van der Waals surface area contributed by atoms with E-state index in [1.807, 2.05) is 17.8 Å². The minimum atomic E-state index is 0.432. The van der Waals surface area contributed by atoms with Crippen molar-refractivity contribution in [2.24, 2.45) is 0 Å². The molecule has 0 saturated carbocycles. The Morgan fingerprint density at radius 2 is 2.67 bits per heavy atom. The Balaban J connectivity index is 2.44. The van der Waals surface area contributed by atoms with Gasteiger partial charge in [-0.15, -0.1) is 18.3 Å². The predicted molar refractivity (Wildman–Crippen MR) is 44.6 cm³/mol. The number of hydrogen-bond acceptors (Lipinski definition) is 1. The molecule has 0 radical (unpaired) electrons. The molecule has 0 nitrogen and oxygen atoms in total. The minimum Gasteiger partial charge on any atom is -0.127 e. The van der Waals surface area contributed by atoms with Crippen molar-refractivity contribution < 1.29 is 0 Å². The monoisotopic (exact) mass is 140 g/mol. The van der Waals surface area contributed by atoms with Crippen molar-refractivity contribution in [1.29, 1.82) is 0 Å². The van der Waals surface area contributed by atoms with E-state index in [9.17, 15) is 0 Å². The molecular formula is C8H12S. The normalized spacial score (nSPS) is 33.0. The van der Waals surface area contributed by atoms with Gasteiger partial charge in [0.05, 0.1) is 0 Å². The molecule has 1 atom stereocenters. The van der Waals surface area contributed by atoms with E-state index in [0.717, 1.165) is 6.42 Å². The van der Waals surface area contributed by atoms with E-state index in [2.05, 4.69) is 25.0 Å². The molecular weight excluding hydrogens is 128 g/mol. The van der Waals surface area contributed by atoms with E-state index >= 15 is 0 Å². The van der Waals surface area contributed by atoms with Crippen LogP contribution in [0.5, 0.6) is 0 Å². The Morgan fingerprint density at radius 3 is 3.11 bits per heavy atom. The second-order valence-electron chi connectivity index (χ2n) is 2.64. The molecule has 1 aliphatic heterocycles. The lowest BCUT2D eigenvalue weighted by Gasteiger charge is -2.19. The molecule has 0 aromatic carbocycles. The second-order valence-corrected chi connectivity index (χ2v) is 4.13. The molecule has 0 spiro atoms. The lowest BCUT2D eigenvalue weighted by atomic mass is 10.0. The molecule has 0 saturated heterocycles. The number of rotatable bonds is 2. The molecule has 0 aromatic rings. The van der Waals surface area contributed by atoms with Crippen LogP contribution >= 0.6 is 11.8 Å². The molecule has 0 N–H and O–H groups in total. The van der Waals surface area contributed by atoms with Crippen LogP contribution in [0.2, 0.25) is 0 Å². The van der Waals surface area contributed by atoms with Gasteiger partial charge in [0.1, 0.15) is 0 Å². The van der Waals surface area contributed by atoms with Crippen LogP contribution in [0, 0.1) is 0 Å². The molecule has 1 aliphatic rings. The van der Waals surface area contributed by atoms with Crippen molar-refractivity contribution in [3.05, 3.63) is 24.1 Å². The number of thioether (sulfide) groups is 1. The summed E-state index contributed by atoms with van der Waals surface area (Å²) >= 11 is 1.92. The zero-order chi connectivity index (χ0) is 6.74. The van der Waals surface area contributed by atoms with Crippen molar-refractivity contribution in [1.82, 2.24) is 0 Å². The van der Waals surface area contributed by atoms with Gasteiger partial charge < -0.3 is 0 Å². The molecule has 0 fully saturated rings. The van der Waals surface area contributed by atoms with Gasteiger partial charge in [-0.2, -0.15) is 0 Å². The van der Waals surface area contributed by atoms with E-state index in [4.69, 9.17) is 0 Å². The summed E-state index contributed by atoms with van der Waals surface area (Å²) in [6, 6.07) is 0. The van der Waals surface area contributed by atoms with Gasteiger partial charge in [0.25, 0.3) is 0 Å². The molecule has 0 aromatic heterocycles. The largest absolute Gasteiger partial charge is 0.127 e. The summed E-state index contributed by atoms with van der Waals surface area (Å²) in [5.41, 5.74) is 0. The van der Waals surface area contributed by atoms with E-state index in [-0.39, 0.29) is 0 Å². The zero-order valence-electron chi connectivity index (χ0n) is 5.76. The molecule has 1 heterocycles. The third-order valence-electron chi connectivity index (χ3n) is 1.57. The average Bonchev–Trinajstić information content (AvgIpc) is 2.16. The molecule has 50 valence electrons. The van der Waals surface area contributed by atoms with Gasteiger partial charge in [0.2, 0.25) is 0 Å². The highest BCUT2D eigenvalue weighted by molar-refractivity contribution is 8.03. The Kier molecular flexibility index (Phi) is 2.01. The van der Waals surface area contributed by atoms with E-state index in [1.54, 1.807) is 0 Å². The molecule has 1 rings (SSSR count). The van der Waals surface area contributed by atoms with E-state index in [0.29, 0.717) is 4.75 Å². The van der Waals surface area contributed by atoms with Gasteiger partial charge in [0.15, 0.2) is 0 Å². The molecule has 9 heavy (non-hydrogen) atoms. The number of allylic oxidation sites excluding steroid dienone is 2. The van der Waals surface area contributed by atoms with Crippen LogP contribution in [0.1, 0.15) is 19.8 Å². The standard InChI is InChI=1S/C8H12S/c1-3-5-8(2)6-4-7-9-8/h3-4,7H,1,5-6H2,2H3. The van der Waals surface area contributed by atoms with Gasteiger partial charge in [-0.1, -0.05) is 12.2 Å². The summed E-state index contributed by atoms with van der Waals surface area (Å²) in [4.78, 5) is 0. The fourth-order valence-electron chi connectivity index (χ4n) is 0.995. The molecule has 0 amide bonds. The van der Waals surface area contributed by atoms with Gasteiger partial charge in [0, 0.05) is 4.75 Å². The highest BCUT2D eigenvalue weighted by Gasteiger charge is 2.23. The van der Waals surface area contributed by atoms with Crippen molar-refractivity contribution in [3.8, 4) is 0 Å². The third-order valence-corrected chi connectivity index (χ3v) is 2.81. The Labute approximate surface area is 61.0 Å². The van der Waals surface area contributed by atoms with Crippen molar-refractivity contribution in [2.45, 2.75) is 24.5 Å². The van der Waals surface area contributed by atoms with Crippen molar-refractivity contribution >= 4 is 11.8 Å². The first-order valence-electron chi connectivity index (χ1n) is 3.21. The smallest absolute Gasteiger partial charge is 0.0241 e. The second kappa shape index (κ2) is 2.61. The van der Waals surface area contributed by atoms with E-state index in [1.165, 1.54) is 6.42 Å². The van der Waals surface area contributed by atoms with E-state index < -0.39 is 0 Å². The molecule has 0 aliphatic carbocycles. The third kappa shape index (κ3) is 1.62. The topological polar surface area (TPSA) is 0 Å². The first kappa shape index (κ1) is 6.94. The van der Waals surface area contributed by atoms with Gasteiger partial charge in [-0.05, 0) is 25.2 Å². The Bertz CT molecular complexity index is 128. The lowest BCUT2D eigenvalue weighted by Crippen LogP contribution is -2.13. The van der Waals surface area contributed by atoms with Crippen molar-refractivity contribution in [2.75, 3.05) is 0 Å². The fourth-order valence-corrected chi connectivity index (χ4v) is 1.92. The lowest BCUT2D eigenvalue weighted by molar-refractivity contribution is 0.675. The number of hydrogen-bond donors (Lipinski definition) is 0. The summed E-state index contributed by atoms with van der Waals surface area (Å²) in [6.45, 7) is 6.01. The van der Waals surface area contributed by atoms with Crippen LogP contribution in [0.15, 0.2) is 24.1 Å². The Hall–Kier alpha value is -0.170. The van der Waals surface area contributed by atoms with Crippen LogP contribution < -0.4 is 0 Å². The quantitative estimate of drug-likeness (QED) is 0.531. The highest BCUT2D eigenvalue weighted by atomic mass is 32.2. The van der Waals surface area contributed by atoms with Gasteiger partial charge in [-0.25, -0.2) is 0 Å². The predicted octanol–water partition coefficient (Wildman–Crippen LogP) is 2.97. The maximum atomic E-state index is 3.73. The summed E-state index contributed by atoms with van der Waals surface area (Å²) < 4.78 is 0.432. The maximum absolute atomic E-state index is 3.73. The summed E-state index contributed by atoms with van der Waals surface area (Å²) in [6.07, 6.45) is 6.54. The minimum absolute atomic E-state index is 0.432. The Morgan fingerprint density at radius 1 is 1.89 bits per heavy atom.